The smallest absolute Gasteiger partial charge is 0.337 e. The van der Waals surface area contributed by atoms with Crippen LogP contribution >= 0.6 is 11.6 Å². The fourth-order valence-corrected chi connectivity index (χ4v) is 4.41. The van der Waals surface area contributed by atoms with Gasteiger partial charge < -0.3 is 34.4 Å². The number of urea groups is 1. The van der Waals surface area contributed by atoms with Gasteiger partial charge in [-0.05, 0) is 55.8 Å². The lowest BCUT2D eigenvalue weighted by Gasteiger charge is -2.28. The van der Waals surface area contributed by atoms with Gasteiger partial charge in [0.25, 0.3) is 5.69 Å². The van der Waals surface area contributed by atoms with Gasteiger partial charge in [0.15, 0.2) is 17.7 Å². The number of allylic oxidation sites excluding steroid dienone is 1. The van der Waals surface area contributed by atoms with E-state index in [1.165, 1.54) is 31.5 Å². The molecule has 2 atom stereocenters. The van der Waals surface area contributed by atoms with Crippen molar-refractivity contribution in [2.24, 2.45) is 5.10 Å². The highest BCUT2D eigenvalue weighted by Gasteiger charge is 2.32. The zero-order valence-corrected chi connectivity index (χ0v) is 24.0. The minimum atomic E-state index is -1.24. The second kappa shape index (κ2) is 13.7. The monoisotopic (exact) mass is 613 g/mol. The standard InChI is InChI=1S/C28H28ClN5O9/c1-4-41-23-11-16(26-25(27(36)40-3)15(2)31-28(37)32-26)5-9-22(23)42-14-24(35)33-30-13-18-7-10-21(43-18)19-8-6-17(29)12-20(19)34(38)39/h5-13,24,26,33,35H,4,14H2,1-3H3,(H2,31,32,37)/b30-13+/t24-,26-/m1/s1. The molecule has 2 aromatic carbocycles. The Balaban J connectivity index is 1.40. The van der Waals surface area contributed by atoms with Crippen LogP contribution in [0.25, 0.3) is 11.3 Å². The number of furan rings is 1. The van der Waals surface area contributed by atoms with Crippen molar-refractivity contribution in [2.45, 2.75) is 26.1 Å². The molecule has 0 fully saturated rings. The van der Waals surface area contributed by atoms with E-state index in [0.29, 0.717) is 29.4 Å². The maximum atomic E-state index is 12.4. The molecule has 2 amide bonds. The first-order valence-corrected chi connectivity index (χ1v) is 13.3. The number of hydrogen-bond donors (Lipinski definition) is 4. The van der Waals surface area contributed by atoms with Gasteiger partial charge in [-0.25, -0.2) is 9.59 Å². The van der Waals surface area contributed by atoms with Gasteiger partial charge in [0.2, 0.25) is 0 Å². The number of nitrogens with zero attached hydrogens (tertiary/aromatic N) is 2. The van der Waals surface area contributed by atoms with Crippen molar-refractivity contribution in [3.8, 4) is 22.8 Å². The van der Waals surface area contributed by atoms with E-state index in [1.807, 2.05) is 0 Å². The number of halogens is 1. The summed E-state index contributed by atoms with van der Waals surface area (Å²) in [5.74, 6) is 0.546. The summed E-state index contributed by atoms with van der Waals surface area (Å²) in [6.45, 7) is 3.45. The number of aliphatic hydroxyl groups is 1. The number of amides is 2. The molecular weight excluding hydrogens is 586 g/mol. The van der Waals surface area contributed by atoms with Crippen molar-refractivity contribution in [3.05, 3.63) is 86.3 Å². The molecule has 2 heterocycles. The van der Waals surface area contributed by atoms with Crippen LogP contribution in [0.4, 0.5) is 10.5 Å². The molecule has 0 bridgehead atoms. The number of rotatable bonds is 12. The third-order valence-corrected chi connectivity index (χ3v) is 6.37. The quantitative estimate of drug-likeness (QED) is 0.0763. The van der Waals surface area contributed by atoms with Crippen LogP contribution in [0.5, 0.6) is 11.5 Å². The zero-order valence-electron chi connectivity index (χ0n) is 23.3. The number of nitro benzene ring substituents is 1. The molecule has 226 valence electrons. The van der Waals surface area contributed by atoms with Gasteiger partial charge in [-0.1, -0.05) is 17.7 Å². The molecule has 4 rings (SSSR count). The first-order valence-electron chi connectivity index (χ1n) is 12.9. The Morgan fingerprint density at radius 2 is 2.02 bits per heavy atom. The summed E-state index contributed by atoms with van der Waals surface area (Å²) in [4.78, 5) is 35.3. The summed E-state index contributed by atoms with van der Waals surface area (Å²) < 4.78 is 22.0. The molecule has 0 saturated heterocycles. The highest BCUT2D eigenvalue weighted by Crippen LogP contribution is 2.35. The number of carbonyl (C=O) groups is 2. The number of hydrazone groups is 1. The first-order chi connectivity index (χ1) is 20.6. The van der Waals surface area contributed by atoms with Crippen molar-refractivity contribution < 1.29 is 38.2 Å². The van der Waals surface area contributed by atoms with Crippen LogP contribution in [0.2, 0.25) is 5.02 Å². The molecule has 3 aromatic rings. The van der Waals surface area contributed by atoms with Crippen molar-refractivity contribution in [1.29, 1.82) is 0 Å². The van der Waals surface area contributed by atoms with Crippen LogP contribution in [-0.2, 0) is 9.53 Å². The van der Waals surface area contributed by atoms with E-state index in [1.54, 1.807) is 44.2 Å². The van der Waals surface area contributed by atoms with E-state index in [9.17, 15) is 24.8 Å². The molecule has 15 heteroatoms. The SMILES string of the molecule is CCOc1cc([C@H]2NC(=O)NC(C)=C2C(=O)OC)ccc1OC[C@@H](O)N/N=C/c1ccc(-c2ccc(Cl)cc2[N+](=O)[O-])o1. The fourth-order valence-electron chi connectivity index (χ4n) is 4.24. The number of nitrogens with one attached hydrogen (secondary N) is 3. The van der Waals surface area contributed by atoms with E-state index in [-0.39, 0.29) is 40.0 Å². The Morgan fingerprint density at radius 3 is 2.74 bits per heavy atom. The molecule has 0 saturated carbocycles. The summed E-state index contributed by atoms with van der Waals surface area (Å²) >= 11 is 5.87. The molecule has 1 aliphatic rings. The van der Waals surface area contributed by atoms with Gasteiger partial charge in [0, 0.05) is 16.8 Å². The van der Waals surface area contributed by atoms with E-state index in [2.05, 4.69) is 21.2 Å². The fraction of sp³-hybridized carbons (Fsp3) is 0.250. The number of methoxy groups -OCH3 is 1. The van der Waals surface area contributed by atoms with Gasteiger partial charge in [-0.2, -0.15) is 5.10 Å². The largest absolute Gasteiger partial charge is 0.490 e. The lowest BCUT2D eigenvalue weighted by molar-refractivity contribution is -0.384. The van der Waals surface area contributed by atoms with E-state index in [0.717, 1.165) is 0 Å². The van der Waals surface area contributed by atoms with Gasteiger partial charge in [0.1, 0.15) is 18.1 Å². The number of hydrogen-bond acceptors (Lipinski definition) is 11. The van der Waals surface area contributed by atoms with Crippen LogP contribution in [-0.4, -0.2) is 54.8 Å². The molecule has 14 nitrogen and oxygen atoms in total. The second-order valence-electron chi connectivity index (χ2n) is 9.04. The number of benzene rings is 2. The van der Waals surface area contributed by atoms with E-state index >= 15 is 0 Å². The Kier molecular flexibility index (Phi) is 9.85. The van der Waals surface area contributed by atoms with E-state index < -0.39 is 29.2 Å². The number of aliphatic hydroxyl groups excluding tert-OH is 1. The van der Waals surface area contributed by atoms with Crippen LogP contribution in [0.1, 0.15) is 31.2 Å². The predicted molar refractivity (Wildman–Crippen MR) is 155 cm³/mol. The summed E-state index contributed by atoms with van der Waals surface area (Å²) in [5, 5.41) is 31.1. The highest BCUT2D eigenvalue weighted by molar-refractivity contribution is 6.30. The molecule has 0 unspecified atom stereocenters. The topological polar surface area (TPSA) is 187 Å². The molecule has 1 aromatic heterocycles. The van der Waals surface area contributed by atoms with Crippen molar-refractivity contribution >= 4 is 35.5 Å². The number of esters is 1. The third kappa shape index (κ3) is 7.42. The van der Waals surface area contributed by atoms with Crippen molar-refractivity contribution in [2.75, 3.05) is 20.3 Å². The van der Waals surface area contributed by atoms with Gasteiger partial charge in [0.05, 0.1) is 42.0 Å². The van der Waals surface area contributed by atoms with Gasteiger partial charge >= 0.3 is 12.0 Å². The Hall–Kier alpha value is -5.08. The van der Waals surface area contributed by atoms with Gasteiger partial charge in [-0.15, -0.1) is 0 Å². The maximum Gasteiger partial charge on any atom is 0.337 e. The highest BCUT2D eigenvalue weighted by atomic mass is 35.5. The summed E-state index contributed by atoms with van der Waals surface area (Å²) in [5.41, 5.74) is 3.71. The maximum absolute atomic E-state index is 12.4. The van der Waals surface area contributed by atoms with Crippen LogP contribution in [0, 0.1) is 10.1 Å². The molecule has 0 spiro atoms. The Labute approximate surface area is 250 Å². The van der Waals surface area contributed by atoms with Crippen LogP contribution < -0.4 is 25.5 Å². The predicted octanol–water partition coefficient (Wildman–Crippen LogP) is 4.03. The minimum Gasteiger partial charge on any atom is -0.490 e. The molecule has 0 radical (unpaired) electrons. The second-order valence-corrected chi connectivity index (χ2v) is 9.47. The minimum absolute atomic E-state index is 0.202. The average molecular weight is 614 g/mol. The number of ether oxygens (including phenoxy) is 3. The third-order valence-electron chi connectivity index (χ3n) is 6.14. The Morgan fingerprint density at radius 1 is 1.23 bits per heavy atom. The van der Waals surface area contributed by atoms with Crippen LogP contribution in [0.3, 0.4) is 0 Å². The molecule has 1 aliphatic heterocycles. The molecular formula is C28H28ClN5O9. The molecule has 43 heavy (non-hydrogen) atoms. The zero-order chi connectivity index (χ0) is 31.1. The number of nitro groups is 1. The lowest BCUT2D eigenvalue weighted by atomic mass is 9.95. The molecule has 4 N–H and O–H groups in total. The summed E-state index contributed by atoms with van der Waals surface area (Å²) in [6, 6.07) is 11.0. The number of carbonyl (C=O) groups excluding carboxylic acids is 2. The normalized spacial score (nSPS) is 15.5. The lowest BCUT2D eigenvalue weighted by Crippen LogP contribution is -2.45. The van der Waals surface area contributed by atoms with Crippen LogP contribution in [0.15, 0.2) is 69.3 Å². The first kappa shape index (κ1) is 30.9. The average Bonchev–Trinajstić information content (AvgIpc) is 3.44. The van der Waals surface area contributed by atoms with Crippen molar-refractivity contribution in [3.63, 3.8) is 0 Å². The molecule has 0 aliphatic carbocycles. The Bertz CT molecular complexity index is 1590. The summed E-state index contributed by atoms with van der Waals surface area (Å²) in [6.07, 6.45) is 0.0498. The van der Waals surface area contributed by atoms with Crippen molar-refractivity contribution in [1.82, 2.24) is 16.1 Å². The van der Waals surface area contributed by atoms with Gasteiger partial charge in [-0.3, -0.25) is 15.5 Å². The van der Waals surface area contributed by atoms with E-state index in [4.69, 9.17) is 30.2 Å². The summed E-state index contributed by atoms with van der Waals surface area (Å²) in [7, 11) is 1.25.